The van der Waals surface area contributed by atoms with Crippen LogP contribution in [0.2, 0.25) is 0 Å². The third kappa shape index (κ3) is 6.93. The van der Waals surface area contributed by atoms with Crippen LogP contribution in [0.5, 0.6) is 11.5 Å². The number of benzene rings is 2. The Morgan fingerprint density at radius 3 is 2.24 bits per heavy atom. The first kappa shape index (κ1) is 31.7. The molecule has 3 fully saturated rings. The molecule has 3 amide bonds. The Labute approximate surface area is 270 Å². The minimum Gasteiger partial charge on any atom is -0.457 e. The van der Waals surface area contributed by atoms with Crippen LogP contribution in [0.15, 0.2) is 73.1 Å². The number of piperidine rings is 1. The fraction of sp³-hybridized carbons (Fsp3) is 0.444. The second-order valence-electron chi connectivity index (χ2n) is 13.0. The molecule has 242 valence electrons. The molecule has 0 radical (unpaired) electrons. The zero-order valence-electron chi connectivity index (χ0n) is 26.4. The molecule has 0 bridgehead atoms. The van der Waals surface area contributed by atoms with Crippen molar-refractivity contribution in [1.82, 2.24) is 25.4 Å². The lowest BCUT2D eigenvalue weighted by atomic mass is 9.77. The quantitative estimate of drug-likeness (QED) is 0.326. The number of carbonyl (C=O) groups excluding carboxylic acids is 3. The Morgan fingerprint density at radius 2 is 1.61 bits per heavy atom. The highest BCUT2D eigenvalue weighted by molar-refractivity contribution is 6.00. The highest BCUT2D eigenvalue weighted by Crippen LogP contribution is 2.38. The first-order valence-electron chi connectivity index (χ1n) is 16.3. The third-order valence-corrected chi connectivity index (χ3v) is 9.83. The number of nitrogens with one attached hydrogen (secondary N) is 2. The molecule has 46 heavy (non-hydrogen) atoms. The molecule has 3 N–H and O–H groups in total. The molecular formula is C36H43N5O5. The second-order valence-corrected chi connectivity index (χ2v) is 13.0. The zero-order chi connectivity index (χ0) is 32.1. The second kappa shape index (κ2) is 13.6. The van der Waals surface area contributed by atoms with E-state index in [-0.39, 0.29) is 24.1 Å². The number of likely N-dealkylation sites (tertiary alicyclic amines) is 1. The number of aliphatic hydroxyl groups is 1. The number of amides is 3. The number of hydrogen-bond donors (Lipinski definition) is 3. The predicted octanol–water partition coefficient (Wildman–Crippen LogP) is 4.18. The summed E-state index contributed by atoms with van der Waals surface area (Å²) in [5.74, 6) is 0.965. The molecule has 2 aliphatic heterocycles. The van der Waals surface area contributed by atoms with Gasteiger partial charge in [0.1, 0.15) is 23.1 Å². The summed E-state index contributed by atoms with van der Waals surface area (Å²) in [5.41, 5.74) is 0.710. The summed E-state index contributed by atoms with van der Waals surface area (Å²) in [6.45, 7) is 2.35. The third-order valence-electron chi connectivity index (χ3n) is 9.83. The van der Waals surface area contributed by atoms with Crippen LogP contribution < -0.4 is 15.4 Å². The van der Waals surface area contributed by atoms with Crippen LogP contribution in [-0.4, -0.2) is 74.9 Å². The van der Waals surface area contributed by atoms with Gasteiger partial charge < -0.3 is 25.4 Å². The molecular weight excluding hydrogens is 582 g/mol. The van der Waals surface area contributed by atoms with E-state index in [0.717, 1.165) is 30.4 Å². The molecule has 1 atom stereocenters. The normalized spacial score (nSPS) is 21.1. The molecule has 2 aromatic carbocycles. The fourth-order valence-electron chi connectivity index (χ4n) is 7.17. The van der Waals surface area contributed by atoms with E-state index in [1.807, 2.05) is 36.4 Å². The molecule has 1 spiro atoms. The van der Waals surface area contributed by atoms with Crippen LogP contribution >= 0.6 is 0 Å². The van der Waals surface area contributed by atoms with Crippen molar-refractivity contribution in [3.05, 3.63) is 89.7 Å². The monoisotopic (exact) mass is 625 g/mol. The molecule has 3 aliphatic rings. The lowest BCUT2D eigenvalue weighted by molar-refractivity contribution is -0.164. The first-order valence-corrected chi connectivity index (χ1v) is 16.3. The summed E-state index contributed by atoms with van der Waals surface area (Å²) in [4.78, 5) is 48.2. The van der Waals surface area contributed by atoms with E-state index in [2.05, 4.69) is 20.5 Å². The SMILES string of the molecule is CNC(=O)c1ccc(Oc2ccc(CN3CCC4(CC3)C(=O)N[C@H](CC3(O)CCCCC3)C(=O)N4Cc3cccnc3)cc2)cc1. The minimum atomic E-state index is -0.944. The van der Waals surface area contributed by atoms with Crippen molar-refractivity contribution in [2.75, 3.05) is 20.1 Å². The van der Waals surface area contributed by atoms with Crippen LogP contribution in [0.4, 0.5) is 0 Å². The fourth-order valence-corrected chi connectivity index (χ4v) is 7.17. The van der Waals surface area contributed by atoms with Gasteiger partial charge in [-0.05, 0) is 79.3 Å². The minimum absolute atomic E-state index is 0.116. The Hall–Kier alpha value is -4.28. The number of ether oxygens (including phenoxy) is 1. The van der Waals surface area contributed by atoms with Gasteiger partial charge in [0.2, 0.25) is 11.8 Å². The summed E-state index contributed by atoms with van der Waals surface area (Å²) in [5, 5.41) is 16.9. The van der Waals surface area contributed by atoms with Crippen LogP contribution in [0.3, 0.4) is 0 Å². The van der Waals surface area contributed by atoms with E-state index < -0.39 is 17.2 Å². The van der Waals surface area contributed by atoms with Gasteiger partial charge in [-0.1, -0.05) is 37.5 Å². The Bertz CT molecular complexity index is 1510. The van der Waals surface area contributed by atoms with Gasteiger partial charge in [0.25, 0.3) is 5.91 Å². The Balaban J connectivity index is 1.11. The van der Waals surface area contributed by atoms with Crippen molar-refractivity contribution in [2.24, 2.45) is 0 Å². The van der Waals surface area contributed by atoms with Crippen LogP contribution in [0, 0.1) is 0 Å². The summed E-state index contributed by atoms with van der Waals surface area (Å²) < 4.78 is 5.96. The van der Waals surface area contributed by atoms with Gasteiger partial charge in [-0.2, -0.15) is 0 Å². The van der Waals surface area contributed by atoms with E-state index in [0.29, 0.717) is 68.9 Å². The van der Waals surface area contributed by atoms with Crippen LogP contribution in [-0.2, 0) is 22.7 Å². The molecule has 3 heterocycles. The van der Waals surface area contributed by atoms with Crippen LogP contribution in [0.1, 0.15) is 72.9 Å². The maximum absolute atomic E-state index is 14.1. The highest BCUT2D eigenvalue weighted by atomic mass is 16.5. The molecule has 10 heteroatoms. The number of hydrogen-bond acceptors (Lipinski definition) is 7. The number of nitrogens with zero attached hydrogens (tertiary/aromatic N) is 3. The molecule has 6 rings (SSSR count). The standard InChI is InChI=1S/C36H43N5O5/c1-37-32(42)28-9-13-30(14-10-28)46-29-11-7-26(8-12-29)24-40-20-17-36(18-21-40)34(44)39-31(22-35(45)15-3-2-4-16-35)33(43)41(36)25-27-6-5-19-38-23-27/h5-14,19,23,31,45H,2-4,15-18,20-22,24-25H2,1H3,(H,37,42)(H,39,44)/t31-/m1/s1. The van der Waals surface area contributed by atoms with E-state index in [1.165, 1.54) is 0 Å². The van der Waals surface area contributed by atoms with Gasteiger partial charge >= 0.3 is 0 Å². The van der Waals surface area contributed by atoms with Gasteiger partial charge in [-0.25, -0.2) is 0 Å². The van der Waals surface area contributed by atoms with Gasteiger partial charge in [-0.15, -0.1) is 0 Å². The number of rotatable bonds is 9. The number of piperazine rings is 1. The number of aromatic nitrogens is 1. The van der Waals surface area contributed by atoms with Crippen LogP contribution in [0.25, 0.3) is 0 Å². The van der Waals surface area contributed by atoms with E-state index in [9.17, 15) is 19.5 Å². The summed E-state index contributed by atoms with van der Waals surface area (Å²) in [7, 11) is 1.60. The molecule has 1 aliphatic carbocycles. The van der Waals surface area contributed by atoms with Crippen molar-refractivity contribution < 1.29 is 24.2 Å². The zero-order valence-corrected chi connectivity index (χ0v) is 26.4. The topological polar surface area (TPSA) is 124 Å². The maximum Gasteiger partial charge on any atom is 0.251 e. The van der Waals surface area contributed by atoms with Crippen molar-refractivity contribution in [2.45, 2.75) is 81.6 Å². The summed E-state index contributed by atoms with van der Waals surface area (Å²) in [6, 6.07) is 18.0. The Kier molecular flexibility index (Phi) is 9.37. The lowest BCUT2D eigenvalue weighted by Gasteiger charge is -2.52. The van der Waals surface area contributed by atoms with Crippen molar-refractivity contribution in [1.29, 1.82) is 0 Å². The molecule has 1 aromatic heterocycles. The molecule has 10 nitrogen and oxygen atoms in total. The lowest BCUT2D eigenvalue weighted by Crippen LogP contribution is -2.73. The maximum atomic E-state index is 14.1. The summed E-state index contributed by atoms with van der Waals surface area (Å²) in [6.07, 6.45) is 9.04. The summed E-state index contributed by atoms with van der Waals surface area (Å²) >= 11 is 0. The van der Waals surface area contributed by atoms with E-state index in [4.69, 9.17) is 4.74 Å². The smallest absolute Gasteiger partial charge is 0.251 e. The number of carbonyl (C=O) groups is 3. The molecule has 2 saturated heterocycles. The van der Waals surface area contributed by atoms with E-state index in [1.54, 1.807) is 48.6 Å². The van der Waals surface area contributed by atoms with Gasteiger partial charge in [0.15, 0.2) is 0 Å². The largest absolute Gasteiger partial charge is 0.457 e. The van der Waals surface area contributed by atoms with Gasteiger partial charge in [-0.3, -0.25) is 24.3 Å². The average Bonchev–Trinajstić information content (AvgIpc) is 3.08. The van der Waals surface area contributed by atoms with Gasteiger partial charge in [0, 0.05) is 57.6 Å². The van der Waals surface area contributed by atoms with Crippen molar-refractivity contribution >= 4 is 17.7 Å². The predicted molar refractivity (Wildman–Crippen MR) is 173 cm³/mol. The number of pyridine rings is 1. The average molecular weight is 626 g/mol. The Morgan fingerprint density at radius 1 is 0.935 bits per heavy atom. The molecule has 1 saturated carbocycles. The van der Waals surface area contributed by atoms with E-state index >= 15 is 0 Å². The van der Waals surface area contributed by atoms with Gasteiger partial charge in [0.05, 0.1) is 5.60 Å². The van der Waals surface area contributed by atoms with Crippen molar-refractivity contribution in [3.8, 4) is 11.5 Å². The molecule has 0 unspecified atom stereocenters. The highest BCUT2D eigenvalue weighted by Gasteiger charge is 2.54. The van der Waals surface area contributed by atoms with Crippen molar-refractivity contribution in [3.63, 3.8) is 0 Å². The first-order chi connectivity index (χ1) is 22.3. The molecule has 3 aromatic rings.